The molecule has 1 amide bonds. The first-order valence-corrected chi connectivity index (χ1v) is 6.78. The number of benzene rings is 1. The van der Waals surface area contributed by atoms with E-state index < -0.39 is 0 Å². The Bertz CT molecular complexity index is 621. The summed E-state index contributed by atoms with van der Waals surface area (Å²) in [4.78, 5) is 12.1. The lowest BCUT2D eigenvalue weighted by Crippen LogP contribution is -2.37. The fourth-order valence-electron chi connectivity index (χ4n) is 2.57. The molecule has 0 saturated heterocycles. The minimum atomic E-state index is -0.282. The maximum atomic E-state index is 12.1. The SMILES string of the molecule is Cc1ccc2c(c1)C(NC(C)Cn1cccn1)C(=O)N2. The molecule has 5 nitrogen and oxygen atoms in total. The molecule has 2 unspecified atom stereocenters. The molecular formula is C15H18N4O. The van der Waals surface area contributed by atoms with Crippen LogP contribution in [0.15, 0.2) is 36.7 Å². The third-order valence-electron chi connectivity index (χ3n) is 3.51. The van der Waals surface area contributed by atoms with Gasteiger partial charge in [0, 0.05) is 29.7 Å². The highest BCUT2D eigenvalue weighted by molar-refractivity contribution is 6.02. The molecule has 104 valence electrons. The number of hydrogen-bond acceptors (Lipinski definition) is 3. The van der Waals surface area contributed by atoms with Crippen LogP contribution in [0.1, 0.15) is 24.1 Å². The number of amides is 1. The van der Waals surface area contributed by atoms with Crippen LogP contribution >= 0.6 is 0 Å². The van der Waals surface area contributed by atoms with E-state index in [0.29, 0.717) is 0 Å². The van der Waals surface area contributed by atoms with Crippen molar-refractivity contribution in [3.63, 3.8) is 0 Å². The quantitative estimate of drug-likeness (QED) is 0.891. The molecule has 1 aliphatic heterocycles. The number of nitrogens with one attached hydrogen (secondary N) is 2. The summed E-state index contributed by atoms with van der Waals surface area (Å²) in [6.45, 7) is 4.83. The monoisotopic (exact) mass is 270 g/mol. The van der Waals surface area contributed by atoms with Gasteiger partial charge in [-0.15, -0.1) is 0 Å². The standard InChI is InChI=1S/C15H18N4O/c1-10-4-5-13-12(8-10)14(15(20)18-13)17-11(2)9-19-7-3-6-16-19/h3-8,11,14,17H,9H2,1-2H3,(H,18,20). The number of carbonyl (C=O) groups excluding carboxylic acids is 1. The van der Waals surface area contributed by atoms with E-state index in [1.54, 1.807) is 6.20 Å². The molecule has 0 spiro atoms. The molecule has 0 aliphatic carbocycles. The second kappa shape index (κ2) is 5.09. The van der Waals surface area contributed by atoms with Crippen LogP contribution < -0.4 is 10.6 Å². The predicted octanol–water partition coefficient (Wildman–Crippen LogP) is 1.86. The molecule has 1 aliphatic rings. The summed E-state index contributed by atoms with van der Waals surface area (Å²) in [5.74, 6) is 0.0120. The number of rotatable bonds is 4. The van der Waals surface area contributed by atoms with Crippen LogP contribution in [0.4, 0.5) is 5.69 Å². The van der Waals surface area contributed by atoms with Gasteiger partial charge in [0.15, 0.2) is 0 Å². The molecule has 1 aromatic heterocycles. The van der Waals surface area contributed by atoms with Gasteiger partial charge in [0.05, 0.1) is 6.54 Å². The van der Waals surface area contributed by atoms with Gasteiger partial charge in [-0.1, -0.05) is 17.7 Å². The minimum Gasteiger partial charge on any atom is -0.324 e. The van der Waals surface area contributed by atoms with E-state index in [2.05, 4.69) is 28.7 Å². The summed E-state index contributed by atoms with van der Waals surface area (Å²) >= 11 is 0. The second-order valence-electron chi connectivity index (χ2n) is 5.31. The Labute approximate surface area is 118 Å². The minimum absolute atomic E-state index is 0.0120. The number of anilines is 1. The summed E-state index contributed by atoms with van der Waals surface area (Å²) < 4.78 is 1.86. The van der Waals surface area contributed by atoms with Gasteiger partial charge < -0.3 is 5.32 Å². The zero-order chi connectivity index (χ0) is 14.1. The topological polar surface area (TPSA) is 59.0 Å². The Balaban J connectivity index is 1.74. The largest absolute Gasteiger partial charge is 0.324 e. The van der Waals surface area contributed by atoms with Crippen molar-refractivity contribution in [1.82, 2.24) is 15.1 Å². The first-order valence-electron chi connectivity index (χ1n) is 6.78. The Kier molecular flexibility index (Phi) is 3.28. The van der Waals surface area contributed by atoms with Crippen LogP contribution in [0.25, 0.3) is 0 Å². The van der Waals surface area contributed by atoms with Gasteiger partial charge in [-0.3, -0.25) is 14.8 Å². The molecular weight excluding hydrogens is 252 g/mol. The number of nitrogens with zero attached hydrogens (tertiary/aromatic N) is 2. The fourth-order valence-corrected chi connectivity index (χ4v) is 2.57. The highest BCUT2D eigenvalue weighted by atomic mass is 16.2. The smallest absolute Gasteiger partial charge is 0.246 e. The first-order chi connectivity index (χ1) is 9.63. The highest BCUT2D eigenvalue weighted by Crippen LogP contribution is 2.31. The van der Waals surface area contributed by atoms with Crippen molar-refractivity contribution in [2.24, 2.45) is 0 Å². The van der Waals surface area contributed by atoms with Gasteiger partial charge >= 0.3 is 0 Å². The Hall–Kier alpha value is -2.14. The molecule has 2 aromatic rings. The molecule has 1 aromatic carbocycles. The molecule has 3 rings (SSSR count). The summed E-state index contributed by atoms with van der Waals surface area (Å²) in [7, 11) is 0. The van der Waals surface area contributed by atoms with Crippen LogP contribution in [0.3, 0.4) is 0 Å². The zero-order valence-corrected chi connectivity index (χ0v) is 11.6. The molecule has 0 saturated carbocycles. The summed E-state index contributed by atoms with van der Waals surface area (Å²) in [6, 6.07) is 7.79. The molecule has 2 atom stereocenters. The first kappa shape index (κ1) is 12.9. The predicted molar refractivity (Wildman–Crippen MR) is 77.4 cm³/mol. The van der Waals surface area contributed by atoms with Crippen molar-refractivity contribution >= 4 is 11.6 Å². The van der Waals surface area contributed by atoms with E-state index in [1.165, 1.54) is 0 Å². The normalized spacial score (nSPS) is 18.7. The molecule has 0 fully saturated rings. The van der Waals surface area contributed by atoms with Gasteiger partial charge in [0.25, 0.3) is 0 Å². The number of carbonyl (C=O) groups is 1. The Morgan fingerprint density at radius 1 is 1.50 bits per heavy atom. The van der Waals surface area contributed by atoms with Crippen molar-refractivity contribution in [3.05, 3.63) is 47.8 Å². The number of hydrogen-bond donors (Lipinski definition) is 2. The Morgan fingerprint density at radius 3 is 3.10 bits per heavy atom. The van der Waals surface area contributed by atoms with Gasteiger partial charge in [0.1, 0.15) is 6.04 Å². The molecule has 0 radical (unpaired) electrons. The van der Waals surface area contributed by atoms with Crippen LogP contribution in [0, 0.1) is 6.92 Å². The average molecular weight is 270 g/mol. The lowest BCUT2D eigenvalue weighted by atomic mass is 10.0. The van der Waals surface area contributed by atoms with Crippen molar-refractivity contribution < 1.29 is 4.79 Å². The second-order valence-corrected chi connectivity index (χ2v) is 5.31. The maximum absolute atomic E-state index is 12.1. The molecule has 20 heavy (non-hydrogen) atoms. The maximum Gasteiger partial charge on any atom is 0.246 e. The summed E-state index contributed by atoms with van der Waals surface area (Å²) in [5.41, 5.74) is 3.10. The highest BCUT2D eigenvalue weighted by Gasteiger charge is 2.31. The lowest BCUT2D eigenvalue weighted by Gasteiger charge is -2.18. The third kappa shape index (κ3) is 2.44. The van der Waals surface area contributed by atoms with E-state index in [0.717, 1.165) is 23.4 Å². The van der Waals surface area contributed by atoms with E-state index in [4.69, 9.17) is 0 Å². The van der Waals surface area contributed by atoms with Crippen LogP contribution in [-0.2, 0) is 11.3 Å². The molecule has 2 N–H and O–H groups in total. The molecule has 2 heterocycles. The number of fused-ring (bicyclic) bond motifs is 1. The van der Waals surface area contributed by atoms with Gasteiger partial charge in [0.2, 0.25) is 5.91 Å². The number of aromatic nitrogens is 2. The van der Waals surface area contributed by atoms with E-state index in [9.17, 15) is 4.79 Å². The van der Waals surface area contributed by atoms with Crippen molar-refractivity contribution in [1.29, 1.82) is 0 Å². The van der Waals surface area contributed by atoms with Crippen molar-refractivity contribution in [2.45, 2.75) is 32.5 Å². The third-order valence-corrected chi connectivity index (χ3v) is 3.51. The van der Waals surface area contributed by atoms with Crippen LogP contribution in [-0.4, -0.2) is 21.7 Å². The molecule has 0 bridgehead atoms. The van der Waals surface area contributed by atoms with Gasteiger partial charge in [-0.25, -0.2) is 0 Å². The average Bonchev–Trinajstić information content (AvgIpc) is 3.00. The number of aryl methyl sites for hydroxylation is 1. The van der Waals surface area contributed by atoms with Crippen molar-refractivity contribution in [3.8, 4) is 0 Å². The van der Waals surface area contributed by atoms with E-state index in [-0.39, 0.29) is 18.0 Å². The Morgan fingerprint density at radius 2 is 2.35 bits per heavy atom. The van der Waals surface area contributed by atoms with E-state index in [1.807, 2.05) is 36.0 Å². The van der Waals surface area contributed by atoms with Crippen molar-refractivity contribution in [2.75, 3.05) is 5.32 Å². The summed E-state index contributed by atoms with van der Waals surface area (Å²) in [6.07, 6.45) is 3.68. The van der Waals surface area contributed by atoms with E-state index >= 15 is 0 Å². The fraction of sp³-hybridized carbons (Fsp3) is 0.333. The van der Waals surface area contributed by atoms with Gasteiger partial charge in [-0.2, -0.15) is 5.10 Å². The van der Waals surface area contributed by atoms with Crippen LogP contribution in [0.2, 0.25) is 0 Å². The van der Waals surface area contributed by atoms with Crippen LogP contribution in [0.5, 0.6) is 0 Å². The van der Waals surface area contributed by atoms with Gasteiger partial charge in [-0.05, 0) is 26.0 Å². The lowest BCUT2D eigenvalue weighted by molar-refractivity contribution is -0.117. The zero-order valence-electron chi connectivity index (χ0n) is 11.6. The summed E-state index contributed by atoms with van der Waals surface area (Å²) in [5, 5.41) is 10.5. The molecule has 5 heteroatoms.